The first-order valence-corrected chi connectivity index (χ1v) is 6.71. The number of nitrogens with zero attached hydrogens (tertiary/aromatic N) is 2. The van der Waals surface area contributed by atoms with Gasteiger partial charge in [0.2, 0.25) is 6.54 Å². The van der Waals surface area contributed by atoms with Gasteiger partial charge in [0.25, 0.3) is 0 Å². The van der Waals surface area contributed by atoms with Crippen molar-refractivity contribution < 1.29 is 9.72 Å². The topological polar surface area (TPSA) is 84.0 Å². The molecule has 2 rings (SSSR count). The molecule has 5 nitrogen and oxygen atoms in total. The van der Waals surface area contributed by atoms with Crippen molar-refractivity contribution in [2.75, 3.05) is 6.54 Å². The van der Waals surface area contributed by atoms with Crippen molar-refractivity contribution >= 4 is 5.78 Å². The Morgan fingerprint density at radius 3 is 2.60 bits per heavy atom. The van der Waals surface area contributed by atoms with Crippen LogP contribution in [-0.4, -0.2) is 17.3 Å². The molecule has 0 radical (unpaired) electrons. The van der Waals surface area contributed by atoms with Crippen molar-refractivity contribution in [1.82, 2.24) is 0 Å². The monoisotopic (exact) mass is 272 g/mol. The number of carbonyl (C=O) groups excluding carboxylic acids is 1. The summed E-state index contributed by atoms with van der Waals surface area (Å²) in [5.41, 5.74) is -0.548. The van der Waals surface area contributed by atoms with Crippen LogP contribution in [0.5, 0.6) is 0 Å². The molecule has 1 aromatic carbocycles. The van der Waals surface area contributed by atoms with Crippen LogP contribution in [0.15, 0.2) is 30.3 Å². The second-order valence-electron chi connectivity index (χ2n) is 5.19. The van der Waals surface area contributed by atoms with E-state index in [2.05, 4.69) is 6.07 Å². The van der Waals surface area contributed by atoms with E-state index in [-0.39, 0.29) is 12.3 Å². The second kappa shape index (κ2) is 5.83. The molecule has 0 aromatic heterocycles. The molecule has 0 amide bonds. The van der Waals surface area contributed by atoms with E-state index in [4.69, 9.17) is 0 Å². The van der Waals surface area contributed by atoms with Gasteiger partial charge in [-0.25, -0.2) is 0 Å². The van der Waals surface area contributed by atoms with E-state index in [1.807, 2.05) is 6.07 Å². The summed E-state index contributed by atoms with van der Waals surface area (Å²) in [7, 11) is 0. The average molecular weight is 272 g/mol. The Hall–Kier alpha value is -2.22. The molecule has 20 heavy (non-hydrogen) atoms. The van der Waals surface area contributed by atoms with Crippen molar-refractivity contribution in [2.24, 2.45) is 5.41 Å². The van der Waals surface area contributed by atoms with E-state index in [1.54, 1.807) is 24.3 Å². The molecule has 1 fully saturated rings. The molecule has 0 bridgehead atoms. The quantitative estimate of drug-likeness (QED) is 0.623. The first kappa shape index (κ1) is 14.2. The molecule has 104 valence electrons. The second-order valence-corrected chi connectivity index (χ2v) is 5.19. The molecule has 0 aliphatic heterocycles. The Morgan fingerprint density at radius 2 is 2.05 bits per heavy atom. The molecule has 2 atom stereocenters. The van der Waals surface area contributed by atoms with Gasteiger partial charge >= 0.3 is 0 Å². The van der Waals surface area contributed by atoms with E-state index in [1.165, 1.54) is 0 Å². The Morgan fingerprint density at radius 1 is 1.35 bits per heavy atom. The average Bonchev–Trinajstić information content (AvgIpc) is 2.47. The van der Waals surface area contributed by atoms with E-state index >= 15 is 0 Å². The summed E-state index contributed by atoms with van der Waals surface area (Å²) in [5.74, 6) is -0.821. The van der Waals surface area contributed by atoms with Gasteiger partial charge in [0.05, 0.1) is 12.0 Å². The number of nitriles is 1. The summed E-state index contributed by atoms with van der Waals surface area (Å²) in [6.07, 6.45) is 2.28. The lowest BCUT2D eigenvalue weighted by molar-refractivity contribution is -0.485. The third kappa shape index (κ3) is 2.55. The Bertz CT molecular complexity index is 550. The highest BCUT2D eigenvalue weighted by molar-refractivity contribution is 5.89. The third-order valence-electron chi connectivity index (χ3n) is 4.05. The molecule has 0 N–H and O–H groups in total. The van der Waals surface area contributed by atoms with Crippen molar-refractivity contribution in [2.45, 2.75) is 31.6 Å². The molecule has 0 saturated heterocycles. The minimum atomic E-state index is -1.24. The van der Waals surface area contributed by atoms with Gasteiger partial charge in [-0.15, -0.1) is 0 Å². The lowest BCUT2D eigenvalue weighted by Crippen LogP contribution is -2.41. The SMILES string of the molecule is N#CC1([C@@H](C[N+](=O)[O-])c2ccccc2)CCCCC1=O. The maximum absolute atomic E-state index is 12.3. The predicted octanol–water partition coefficient (Wildman–Crippen LogP) is 2.70. The number of rotatable bonds is 4. The van der Waals surface area contributed by atoms with Gasteiger partial charge in [0.15, 0.2) is 5.78 Å². The fourth-order valence-electron chi connectivity index (χ4n) is 3.00. The number of nitro groups is 1. The molecule has 0 heterocycles. The number of ketones is 1. The van der Waals surface area contributed by atoms with Crippen LogP contribution in [0.4, 0.5) is 0 Å². The van der Waals surface area contributed by atoms with Gasteiger partial charge in [-0.3, -0.25) is 14.9 Å². The third-order valence-corrected chi connectivity index (χ3v) is 4.05. The first-order valence-electron chi connectivity index (χ1n) is 6.71. The number of hydrogen-bond acceptors (Lipinski definition) is 4. The molecule has 1 aromatic rings. The highest BCUT2D eigenvalue weighted by Crippen LogP contribution is 2.44. The van der Waals surface area contributed by atoms with Gasteiger partial charge in [0.1, 0.15) is 5.41 Å². The maximum Gasteiger partial charge on any atom is 0.212 e. The predicted molar refractivity (Wildman–Crippen MR) is 72.6 cm³/mol. The minimum absolute atomic E-state index is 0.151. The molecular weight excluding hydrogens is 256 g/mol. The fraction of sp³-hybridized carbons (Fsp3) is 0.467. The van der Waals surface area contributed by atoms with Crippen molar-refractivity contribution in [3.05, 3.63) is 46.0 Å². The summed E-state index contributed by atoms with van der Waals surface area (Å²) >= 11 is 0. The Labute approximate surface area is 117 Å². The largest absolute Gasteiger partial charge is 0.298 e. The van der Waals surface area contributed by atoms with Crippen LogP contribution in [0.2, 0.25) is 0 Å². The van der Waals surface area contributed by atoms with Gasteiger partial charge in [-0.1, -0.05) is 36.8 Å². The standard InChI is InChI=1S/C15H16N2O3/c16-11-15(9-5-4-8-14(15)18)13(10-17(19)20)12-6-2-1-3-7-12/h1-3,6-7,13H,4-5,8-10H2/t13-,15?/m0/s1. The maximum atomic E-state index is 12.3. The number of benzene rings is 1. The van der Waals surface area contributed by atoms with Gasteiger partial charge in [-0.05, 0) is 18.4 Å². The van der Waals surface area contributed by atoms with Crippen LogP contribution in [0.1, 0.15) is 37.2 Å². The lowest BCUT2D eigenvalue weighted by Gasteiger charge is -2.34. The molecule has 1 unspecified atom stereocenters. The molecule has 1 saturated carbocycles. The number of Topliss-reactive ketones (excluding diaryl/α,β-unsaturated/α-hetero) is 1. The lowest BCUT2D eigenvalue weighted by atomic mass is 9.64. The smallest absolute Gasteiger partial charge is 0.212 e. The molecule has 1 aliphatic rings. The summed E-state index contributed by atoms with van der Waals surface area (Å²) in [6, 6.07) is 11.0. The van der Waals surface area contributed by atoms with Crippen LogP contribution in [0.3, 0.4) is 0 Å². The van der Waals surface area contributed by atoms with Gasteiger partial charge in [0, 0.05) is 11.3 Å². The van der Waals surface area contributed by atoms with Crippen LogP contribution < -0.4 is 0 Å². The van der Waals surface area contributed by atoms with Crippen LogP contribution >= 0.6 is 0 Å². The van der Waals surface area contributed by atoms with Gasteiger partial charge < -0.3 is 0 Å². The highest BCUT2D eigenvalue weighted by atomic mass is 16.6. The van der Waals surface area contributed by atoms with Crippen LogP contribution in [0.25, 0.3) is 0 Å². The van der Waals surface area contributed by atoms with E-state index in [0.29, 0.717) is 18.4 Å². The highest BCUT2D eigenvalue weighted by Gasteiger charge is 2.49. The van der Waals surface area contributed by atoms with E-state index < -0.39 is 16.3 Å². The molecule has 5 heteroatoms. The van der Waals surface area contributed by atoms with Crippen molar-refractivity contribution in [1.29, 1.82) is 5.26 Å². The van der Waals surface area contributed by atoms with Crippen LogP contribution in [-0.2, 0) is 4.79 Å². The molecule has 1 aliphatic carbocycles. The van der Waals surface area contributed by atoms with Crippen molar-refractivity contribution in [3.8, 4) is 6.07 Å². The van der Waals surface area contributed by atoms with E-state index in [9.17, 15) is 20.2 Å². The van der Waals surface area contributed by atoms with Crippen molar-refractivity contribution in [3.63, 3.8) is 0 Å². The zero-order valence-electron chi connectivity index (χ0n) is 11.1. The van der Waals surface area contributed by atoms with Gasteiger partial charge in [-0.2, -0.15) is 5.26 Å². The number of carbonyl (C=O) groups is 1. The zero-order chi connectivity index (χ0) is 14.6. The molecule has 0 spiro atoms. The summed E-state index contributed by atoms with van der Waals surface area (Å²) < 4.78 is 0. The normalized spacial score (nSPS) is 23.9. The first-order chi connectivity index (χ1) is 9.60. The molecular formula is C15H16N2O3. The Balaban J connectivity index is 2.46. The summed E-state index contributed by atoms with van der Waals surface area (Å²) in [6.45, 7) is -0.386. The Kier molecular flexibility index (Phi) is 4.14. The van der Waals surface area contributed by atoms with Crippen LogP contribution in [0, 0.1) is 26.9 Å². The van der Waals surface area contributed by atoms with E-state index in [0.717, 1.165) is 12.8 Å². The zero-order valence-corrected chi connectivity index (χ0v) is 11.1. The summed E-state index contributed by atoms with van der Waals surface area (Å²) in [4.78, 5) is 22.8. The fourth-order valence-corrected chi connectivity index (χ4v) is 3.00. The summed E-state index contributed by atoms with van der Waals surface area (Å²) in [5, 5.41) is 20.5. The minimum Gasteiger partial charge on any atom is -0.298 e. The number of hydrogen-bond donors (Lipinski definition) is 0.